The molecule has 2 unspecified atom stereocenters. The standard InChI is InChI=1S/C21H24O2/c1-3-21(22)23-14-16-5-8-17(9-6-16)19-11-10-18-7-4-15(2)12-20(18)13-19/h5-8,10-13,15,17H,3-4,9,14H2,1-2H3. The number of rotatable bonds is 4. The van der Waals surface area contributed by atoms with Gasteiger partial charge >= 0.3 is 5.97 Å². The Labute approximate surface area is 137 Å². The molecule has 1 aromatic rings. The average molecular weight is 308 g/mol. The number of carbonyl (C=O) groups is 1. The van der Waals surface area contributed by atoms with Gasteiger partial charge in [0.15, 0.2) is 0 Å². The first-order chi connectivity index (χ1) is 11.2. The van der Waals surface area contributed by atoms with Crippen LogP contribution < -0.4 is 10.4 Å². The van der Waals surface area contributed by atoms with Crippen LogP contribution in [0.4, 0.5) is 0 Å². The summed E-state index contributed by atoms with van der Waals surface area (Å²) in [5, 5.41) is 2.72. The molecule has 0 radical (unpaired) electrons. The third-order valence-electron chi connectivity index (χ3n) is 4.58. The summed E-state index contributed by atoms with van der Waals surface area (Å²) in [6.45, 7) is 4.47. The minimum atomic E-state index is -0.142. The number of hydrogen-bond acceptors (Lipinski definition) is 2. The van der Waals surface area contributed by atoms with E-state index in [2.05, 4.69) is 55.5 Å². The van der Waals surface area contributed by atoms with Gasteiger partial charge in [0.2, 0.25) is 0 Å². The molecule has 0 N–H and O–H groups in total. The van der Waals surface area contributed by atoms with Crippen molar-refractivity contribution < 1.29 is 9.53 Å². The second-order valence-electron chi connectivity index (χ2n) is 6.47. The fourth-order valence-corrected chi connectivity index (χ4v) is 3.13. The van der Waals surface area contributed by atoms with Crippen molar-refractivity contribution in [2.45, 2.75) is 39.0 Å². The molecule has 0 amide bonds. The second kappa shape index (κ2) is 6.99. The van der Waals surface area contributed by atoms with Crippen molar-refractivity contribution in [1.29, 1.82) is 0 Å². The van der Waals surface area contributed by atoms with Gasteiger partial charge < -0.3 is 4.74 Å². The summed E-state index contributed by atoms with van der Waals surface area (Å²) < 4.78 is 5.19. The van der Waals surface area contributed by atoms with E-state index in [1.54, 1.807) is 0 Å². The van der Waals surface area contributed by atoms with Crippen molar-refractivity contribution >= 4 is 18.1 Å². The highest BCUT2D eigenvalue weighted by atomic mass is 16.5. The second-order valence-corrected chi connectivity index (χ2v) is 6.47. The SMILES string of the molecule is CCC(=O)OCC1=CCC(c2ccc3c(c2)=CC(C)CC=3)C=C1. The van der Waals surface area contributed by atoms with Crippen LogP contribution in [0.15, 0.2) is 42.0 Å². The molecule has 1 aromatic carbocycles. The zero-order valence-corrected chi connectivity index (χ0v) is 13.9. The number of hydrogen-bond donors (Lipinski definition) is 0. The Morgan fingerprint density at radius 2 is 2.09 bits per heavy atom. The van der Waals surface area contributed by atoms with Gasteiger partial charge in [-0.3, -0.25) is 4.79 Å². The van der Waals surface area contributed by atoms with Gasteiger partial charge in [0.05, 0.1) is 0 Å². The first-order valence-corrected chi connectivity index (χ1v) is 8.50. The summed E-state index contributed by atoms with van der Waals surface area (Å²) in [5.41, 5.74) is 2.45. The van der Waals surface area contributed by atoms with Gasteiger partial charge in [0.25, 0.3) is 0 Å². The summed E-state index contributed by atoms with van der Waals surface area (Å²) in [5.74, 6) is 0.896. The zero-order chi connectivity index (χ0) is 16.2. The Bertz CT molecular complexity index is 768. The number of benzene rings is 1. The Morgan fingerprint density at radius 3 is 2.83 bits per heavy atom. The quantitative estimate of drug-likeness (QED) is 0.798. The Balaban J connectivity index is 1.70. The van der Waals surface area contributed by atoms with Gasteiger partial charge in [-0.05, 0) is 40.3 Å². The average Bonchev–Trinajstić information content (AvgIpc) is 2.59. The van der Waals surface area contributed by atoms with Crippen LogP contribution in [0, 0.1) is 5.92 Å². The molecule has 23 heavy (non-hydrogen) atoms. The molecular weight excluding hydrogens is 284 g/mol. The summed E-state index contributed by atoms with van der Waals surface area (Å²) >= 11 is 0. The van der Waals surface area contributed by atoms with Crippen LogP contribution in [0.5, 0.6) is 0 Å². The van der Waals surface area contributed by atoms with Crippen molar-refractivity contribution in [3.05, 3.63) is 58.0 Å². The number of allylic oxidation sites excluding steroid dienone is 2. The molecule has 0 aromatic heterocycles. The molecule has 2 aliphatic carbocycles. The van der Waals surface area contributed by atoms with Crippen molar-refractivity contribution in [3.63, 3.8) is 0 Å². The monoisotopic (exact) mass is 308 g/mol. The van der Waals surface area contributed by atoms with E-state index in [9.17, 15) is 4.79 Å². The van der Waals surface area contributed by atoms with Gasteiger partial charge in [-0.1, -0.05) is 62.4 Å². The lowest BCUT2D eigenvalue weighted by Crippen LogP contribution is -2.29. The normalized spacial score (nSPS) is 22.4. The lowest BCUT2D eigenvalue weighted by molar-refractivity contribution is -0.142. The summed E-state index contributed by atoms with van der Waals surface area (Å²) in [4.78, 5) is 11.2. The first kappa shape index (κ1) is 15.8. The van der Waals surface area contributed by atoms with Crippen LogP contribution in [-0.4, -0.2) is 12.6 Å². The van der Waals surface area contributed by atoms with Crippen molar-refractivity contribution in [2.24, 2.45) is 5.92 Å². The molecule has 0 heterocycles. The molecule has 2 nitrogen and oxygen atoms in total. The zero-order valence-electron chi connectivity index (χ0n) is 13.9. The van der Waals surface area contributed by atoms with Gasteiger partial charge in [-0.25, -0.2) is 0 Å². The van der Waals surface area contributed by atoms with Crippen LogP contribution in [0.2, 0.25) is 0 Å². The lowest BCUT2D eigenvalue weighted by Gasteiger charge is -2.18. The summed E-state index contributed by atoms with van der Waals surface area (Å²) in [6.07, 6.45) is 13.7. The van der Waals surface area contributed by atoms with Gasteiger partial charge in [0, 0.05) is 12.3 Å². The van der Waals surface area contributed by atoms with Gasteiger partial charge in [0.1, 0.15) is 6.61 Å². The maximum Gasteiger partial charge on any atom is 0.305 e. The number of carbonyl (C=O) groups excluding carboxylic acids is 1. The summed E-state index contributed by atoms with van der Waals surface area (Å²) in [7, 11) is 0. The minimum absolute atomic E-state index is 0.142. The maximum atomic E-state index is 11.2. The van der Waals surface area contributed by atoms with Crippen LogP contribution >= 0.6 is 0 Å². The Kier molecular flexibility index (Phi) is 4.80. The number of fused-ring (bicyclic) bond motifs is 1. The molecule has 0 saturated carbocycles. The highest BCUT2D eigenvalue weighted by Gasteiger charge is 2.13. The van der Waals surface area contributed by atoms with Crippen LogP contribution in [0.3, 0.4) is 0 Å². The highest BCUT2D eigenvalue weighted by molar-refractivity contribution is 5.69. The third kappa shape index (κ3) is 3.82. The topological polar surface area (TPSA) is 26.3 Å². The van der Waals surface area contributed by atoms with Crippen LogP contribution in [-0.2, 0) is 9.53 Å². The van der Waals surface area contributed by atoms with Crippen LogP contribution in [0.25, 0.3) is 12.2 Å². The molecule has 0 fully saturated rings. The van der Waals surface area contributed by atoms with Crippen molar-refractivity contribution in [2.75, 3.05) is 6.61 Å². The first-order valence-electron chi connectivity index (χ1n) is 8.50. The fourth-order valence-electron chi connectivity index (χ4n) is 3.13. The molecule has 2 atom stereocenters. The van der Waals surface area contributed by atoms with Gasteiger partial charge in [-0.15, -0.1) is 0 Å². The predicted molar refractivity (Wildman–Crippen MR) is 94.2 cm³/mol. The Hall–Kier alpha value is -2.09. The van der Waals surface area contributed by atoms with E-state index in [4.69, 9.17) is 4.74 Å². The van der Waals surface area contributed by atoms with Gasteiger partial charge in [-0.2, -0.15) is 0 Å². The van der Waals surface area contributed by atoms with E-state index in [1.807, 2.05) is 6.92 Å². The van der Waals surface area contributed by atoms with E-state index in [0.717, 1.165) is 18.4 Å². The molecule has 0 bridgehead atoms. The largest absolute Gasteiger partial charge is 0.461 e. The van der Waals surface area contributed by atoms with Crippen molar-refractivity contribution in [3.8, 4) is 0 Å². The van der Waals surface area contributed by atoms with Crippen LogP contribution in [0.1, 0.15) is 44.6 Å². The molecule has 3 rings (SSSR count). The molecule has 0 saturated heterocycles. The van der Waals surface area contributed by atoms with E-state index in [1.165, 1.54) is 16.0 Å². The number of esters is 1. The molecule has 0 spiro atoms. The van der Waals surface area contributed by atoms with E-state index < -0.39 is 0 Å². The van der Waals surface area contributed by atoms with E-state index >= 15 is 0 Å². The fraction of sp³-hybridized carbons (Fsp3) is 0.381. The molecule has 120 valence electrons. The minimum Gasteiger partial charge on any atom is -0.461 e. The molecule has 2 heteroatoms. The molecular formula is C21H24O2. The highest BCUT2D eigenvalue weighted by Crippen LogP contribution is 2.26. The molecule has 0 aliphatic heterocycles. The Morgan fingerprint density at radius 1 is 1.22 bits per heavy atom. The lowest BCUT2D eigenvalue weighted by atomic mass is 9.88. The predicted octanol–water partition coefficient (Wildman–Crippen LogP) is 3.21. The molecule has 2 aliphatic rings. The van der Waals surface area contributed by atoms with E-state index in [-0.39, 0.29) is 5.97 Å². The van der Waals surface area contributed by atoms with E-state index in [0.29, 0.717) is 24.9 Å². The maximum absolute atomic E-state index is 11.2. The third-order valence-corrected chi connectivity index (χ3v) is 4.58. The number of ether oxygens (including phenoxy) is 1. The summed E-state index contributed by atoms with van der Waals surface area (Å²) in [6, 6.07) is 6.81. The smallest absolute Gasteiger partial charge is 0.305 e. The van der Waals surface area contributed by atoms with Crippen molar-refractivity contribution in [1.82, 2.24) is 0 Å².